The van der Waals surface area contributed by atoms with Crippen LogP contribution in [0.5, 0.6) is 0 Å². The van der Waals surface area contributed by atoms with Crippen LogP contribution in [0.2, 0.25) is 0 Å². The molecule has 3 aliphatic heterocycles. The van der Waals surface area contributed by atoms with Gasteiger partial charge in [0, 0.05) is 42.0 Å². The van der Waals surface area contributed by atoms with Crippen LogP contribution in [0.4, 0.5) is 5.13 Å². The average molecular weight is 792 g/mol. The van der Waals surface area contributed by atoms with Crippen LogP contribution in [-0.4, -0.2) is 84.8 Å². The van der Waals surface area contributed by atoms with E-state index in [0.717, 1.165) is 78.0 Å². The minimum Gasteiger partial charge on any atom is -0.480 e. The molecule has 4 bridgehead atoms. The van der Waals surface area contributed by atoms with Gasteiger partial charge in [-0.3, -0.25) is 10.1 Å². The third kappa shape index (κ3) is 7.09. The molecule has 0 amide bonds. The largest absolute Gasteiger partial charge is 0.480 e. The minimum atomic E-state index is -0.809. The summed E-state index contributed by atoms with van der Waals surface area (Å²) in [5, 5.41) is 39.4. The number of dihydropyridines is 1. The van der Waals surface area contributed by atoms with E-state index in [9.17, 15) is 15.6 Å². The number of aromatic nitrogens is 3. The first-order chi connectivity index (χ1) is 27.2. The summed E-state index contributed by atoms with van der Waals surface area (Å²) in [6.45, 7) is 14.6. The number of nitrogens with two attached hydrogens (primary N) is 1. The number of likely N-dealkylation sites (tertiary alicyclic amines) is 2. The number of piperidine rings is 1. The number of rotatable bonds is 10. The lowest BCUT2D eigenvalue weighted by molar-refractivity contribution is -0.248. The summed E-state index contributed by atoms with van der Waals surface area (Å²) in [6, 6.07) is 7.90. The first-order valence-corrected chi connectivity index (χ1v) is 21.5. The fourth-order valence-electron chi connectivity index (χ4n) is 12.4. The minimum absolute atomic E-state index is 0.0812. The predicted molar refractivity (Wildman–Crippen MR) is 226 cm³/mol. The normalized spacial score (nSPS) is 31.2. The average Bonchev–Trinajstić information content (AvgIpc) is 3.90. The highest BCUT2D eigenvalue weighted by atomic mass is 32.1. The predicted octanol–water partition coefficient (Wildman–Crippen LogP) is 8.22. The van der Waals surface area contributed by atoms with Crippen LogP contribution in [0.25, 0.3) is 15.8 Å². The molecule has 13 heteroatoms. The molecule has 4 aliphatic carbocycles. The van der Waals surface area contributed by atoms with Gasteiger partial charge >= 0.3 is 0 Å². The maximum atomic E-state index is 10.7. The van der Waals surface area contributed by atoms with Gasteiger partial charge in [0.25, 0.3) is 5.95 Å². The molecule has 1 aromatic carbocycles. The number of benzene rings is 1. The van der Waals surface area contributed by atoms with Crippen LogP contribution in [0.15, 0.2) is 76.2 Å². The summed E-state index contributed by atoms with van der Waals surface area (Å²) in [6.07, 6.45) is 16.7. The van der Waals surface area contributed by atoms with E-state index in [1.807, 2.05) is 54.4 Å². The standard InChI is InChI=1S/C44H57N9O3S/c1-28(37(45)50-40-48-33-11-5-6-12-34(33)57-40)30-10-9-17-52(38(30)46)35-14-13-31(36(49-35)39(54)55)32-20-47-53(29(32)2)27-43-22-41(3)21-42(4,23-43)25-44(24-41,26-43)56-19-18-51-15-7-8-16-51/h5-6,11-14,20,46,49,54-55H,7-10,15-19,21-27H2,1-4H3,(H2,45,48,50)/b30-28-,46-38?/t41-,42+,43?,44?. The molecule has 4 saturated carbocycles. The van der Waals surface area contributed by atoms with Crippen molar-refractivity contribution in [3.05, 3.63) is 82.5 Å². The number of hydrogen-bond acceptors (Lipinski definition) is 10. The van der Waals surface area contributed by atoms with Crippen molar-refractivity contribution in [3.8, 4) is 0 Å². The van der Waals surface area contributed by atoms with E-state index in [1.165, 1.54) is 56.5 Å². The molecule has 12 nitrogen and oxygen atoms in total. The molecule has 2 saturated heterocycles. The van der Waals surface area contributed by atoms with E-state index in [0.29, 0.717) is 41.2 Å². The number of hydrogen-bond donors (Lipinski definition) is 5. The maximum absolute atomic E-state index is 10.7. The van der Waals surface area contributed by atoms with Crippen LogP contribution in [0, 0.1) is 28.6 Å². The zero-order valence-corrected chi connectivity index (χ0v) is 34.6. The van der Waals surface area contributed by atoms with Gasteiger partial charge in [0.1, 0.15) is 23.2 Å². The Labute approximate surface area is 339 Å². The van der Waals surface area contributed by atoms with Gasteiger partial charge in [-0.2, -0.15) is 5.10 Å². The number of ether oxygens (including phenoxy) is 1. The second kappa shape index (κ2) is 14.1. The van der Waals surface area contributed by atoms with E-state index in [-0.39, 0.29) is 27.5 Å². The molecule has 6 N–H and O–H groups in total. The van der Waals surface area contributed by atoms with E-state index >= 15 is 0 Å². The van der Waals surface area contributed by atoms with Crippen LogP contribution in [0.1, 0.15) is 96.2 Å². The Morgan fingerprint density at radius 2 is 1.77 bits per heavy atom. The van der Waals surface area contributed by atoms with Crippen molar-refractivity contribution in [3.63, 3.8) is 0 Å². The molecule has 0 spiro atoms. The van der Waals surface area contributed by atoms with Gasteiger partial charge in [0.2, 0.25) is 5.13 Å². The quantitative estimate of drug-likeness (QED) is 0.0774. The Morgan fingerprint density at radius 1 is 1.02 bits per heavy atom. The molecular weight excluding hydrogens is 735 g/mol. The van der Waals surface area contributed by atoms with E-state index < -0.39 is 5.95 Å². The van der Waals surface area contributed by atoms with Gasteiger partial charge in [0.05, 0.1) is 28.6 Å². The lowest BCUT2D eigenvalue weighted by atomic mass is 9.39. The van der Waals surface area contributed by atoms with Gasteiger partial charge in [-0.05, 0) is 137 Å². The van der Waals surface area contributed by atoms with E-state index in [4.69, 9.17) is 15.6 Å². The number of nitrogens with zero attached hydrogens (tertiary/aromatic N) is 6. The topological polar surface area (TPSA) is 161 Å². The van der Waals surface area contributed by atoms with Crippen molar-refractivity contribution in [1.29, 1.82) is 5.41 Å². The number of aliphatic hydroxyl groups excluding tert-OH is 1. The molecule has 10 rings (SSSR count). The summed E-state index contributed by atoms with van der Waals surface area (Å²) in [5.41, 5.74) is 12.1. The van der Waals surface area contributed by atoms with Crippen molar-refractivity contribution >= 4 is 43.9 Å². The third-order valence-corrected chi connectivity index (χ3v) is 14.6. The van der Waals surface area contributed by atoms with E-state index in [1.54, 1.807) is 0 Å². The number of para-hydroxylation sites is 1. The fourth-order valence-corrected chi connectivity index (χ4v) is 13.3. The summed E-state index contributed by atoms with van der Waals surface area (Å²) in [7, 11) is 0. The van der Waals surface area contributed by atoms with Crippen molar-refractivity contribution in [1.82, 2.24) is 29.9 Å². The Hall–Kier alpha value is -4.46. The molecule has 302 valence electrons. The lowest BCUT2D eigenvalue weighted by Crippen LogP contribution is -2.64. The molecule has 7 aliphatic rings. The second-order valence-electron chi connectivity index (χ2n) is 18.7. The van der Waals surface area contributed by atoms with Crippen LogP contribution >= 0.6 is 11.3 Å². The fraction of sp³-hybridized carbons (Fsp3) is 0.545. The molecule has 57 heavy (non-hydrogen) atoms. The monoisotopic (exact) mass is 791 g/mol. The number of fused-ring (bicyclic) bond motifs is 1. The van der Waals surface area contributed by atoms with Gasteiger partial charge in [0.15, 0.2) is 0 Å². The molecule has 3 aromatic rings. The second-order valence-corrected chi connectivity index (χ2v) is 19.7. The highest BCUT2D eigenvalue weighted by molar-refractivity contribution is 7.22. The van der Waals surface area contributed by atoms with Crippen molar-refractivity contribution in [2.75, 3.05) is 32.8 Å². The Kier molecular flexibility index (Phi) is 9.44. The number of aliphatic imine (C=N–C) groups is 1. The van der Waals surface area contributed by atoms with Gasteiger partial charge in [-0.25, -0.2) is 9.98 Å². The summed E-state index contributed by atoms with van der Waals surface area (Å²) in [5.74, 6) is 0.410. The highest BCUT2D eigenvalue weighted by Gasteiger charge is 2.66. The third-order valence-electron chi connectivity index (χ3n) is 13.7. The maximum Gasteiger partial charge on any atom is 0.299 e. The summed E-state index contributed by atoms with van der Waals surface area (Å²) < 4.78 is 10.2. The van der Waals surface area contributed by atoms with Crippen molar-refractivity contribution in [2.24, 2.45) is 27.0 Å². The first-order valence-electron chi connectivity index (χ1n) is 20.7. The zero-order chi connectivity index (χ0) is 39.7. The molecule has 6 fully saturated rings. The molecule has 4 atom stereocenters. The number of aliphatic hydroxyl groups is 2. The van der Waals surface area contributed by atoms with E-state index in [2.05, 4.69) is 45.6 Å². The molecule has 2 unspecified atom stereocenters. The number of thiazole rings is 1. The van der Waals surface area contributed by atoms with Crippen LogP contribution < -0.4 is 11.1 Å². The Bertz CT molecular complexity index is 2220. The van der Waals surface area contributed by atoms with Gasteiger partial charge < -0.3 is 35.8 Å². The number of nitrogens with one attached hydrogen (secondary N) is 2. The molecule has 2 aromatic heterocycles. The number of allylic oxidation sites excluding steroid dienone is 3. The highest BCUT2D eigenvalue weighted by Crippen LogP contribution is 2.72. The number of amidine groups is 2. The molecular formula is C44H57N9O3S. The SMILES string of the molecule is CC(=C1\CCCN(C2=CC=C(c3cnn(CC45CC6(OCCN7CCCC7)C[C@](C)(C4)C[C@](C)(C5)C6)c3C)C(=C(O)O)N2)C1=N)/C(N)=N\c1nc2ccccc2s1. The summed E-state index contributed by atoms with van der Waals surface area (Å²) >= 11 is 1.48. The van der Waals surface area contributed by atoms with Crippen molar-refractivity contribution in [2.45, 2.75) is 104 Å². The van der Waals surface area contributed by atoms with Gasteiger partial charge in [-0.15, -0.1) is 0 Å². The Balaban J connectivity index is 0.949. The lowest BCUT2D eigenvalue weighted by Gasteiger charge is -2.69. The molecule has 0 radical (unpaired) electrons. The smallest absolute Gasteiger partial charge is 0.299 e. The van der Waals surface area contributed by atoms with Crippen molar-refractivity contribution < 1.29 is 14.9 Å². The van der Waals surface area contributed by atoms with Crippen LogP contribution in [0.3, 0.4) is 0 Å². The van der Waals surface area contributed by atoms with Crippen LogP contribution in [-0.2, 0) is 11.3 Å². The molecule has 5 heterocycles. The van der Waals surface area contributed by atoms with Gasteiger partial charge in [-0.1, -0.05) is 37.3 Å². The zero-order valence-electron chi connectivity index (χ0n) is 33.8. The summed E-state index contributed by atoms with van der Waals surface area (Å²) in [4.78, 5) is 13.6. The Morgan fingerprint density at radius 3 is 2.51 bits per heavy atom. The first kappa shape index (κ1) is 38.1.